The zero-order valence-corrected chi connectivity index (χ0v) is 25.3. The van der Waals surface area contributed by atoms with Crippen LogP contribution in [0.15, 0.2) is 52.3 Å². The summed E-state index contributed by atoms with van der Waals surface area (Å²) in [6.45, 7) is 7.88. The van der Waals surface area contributed by atoms with Crippen molar-refractivity contribution in [2.45, 2.75) is 64.5 Å². The molecular weight excluding hydrogens is 614 g/mol. The van der Waals surface area contributed by atoms with Crippen LogP contribution in [-0.4, -0.2) is 75.9 Å². The van der Waals surface area contributed by atoms with Crippen LogP contribution in [0.5, 0.6) is 0 Å². The van der Waals surface area contributed by atoms with Crippen LogP contribution in [0.2, 0.25) is 0 Å². The Kier molecular flexibility index (Phi) is 18.0. The van der Waals surface area contributed by atoms with Crippen LogP contribution in [0.1, 0.15) is 51.4 Å². The van der Waals surface area contributed by atoms with E-state index >= 15 is 0 Å². The highest BCUT2D eigenvalue weighted by atomic mass is 16.7. The lowest BCUT2D eigenvalue weighted by Gasteiger charge is -2.13. The second-order valence-corrected chi connectivity index (χ2v) is 9.20. The third-order valence-electron chi connectivity index (χ3n) is 5.86. The number of aromatic nitrogens is 3. The Morgan fingerprint density at radius 2 is 0.978 bits per heavy atom. The predicted octanol–water partition coefficient (Wildman–Crippen LogP) is -0.452. The quantitative estimate of drug-likeness (QED) is 0.0482. The SMILES string of the molecule is C=CC(=O)OCCCCCC(=O)OCCn1c(=O)n(CCOC(=O)CCCCCOC(=O)C=C)c(=O)n(OC(=O)C(=O)C=C)c1=O. The van der Waals surface area contributed by atoms with Crippen molar-refractivity contribution in [1.29, 1.82) is 0 Å². The van der Waals surface area contributed by atoms with Crippen molar-refractivity contribution in [3.8, 4) is 0 Å². The fourth-order valence-electron chi connectivity index (χ4n) is 3.49. The lowest BCUT2D eigenvalue weighted by molar-refractivity contribution is -0.153. The van der Waals surface area contributed by atoms with Gasteiger partial charge in [-0.15, -0.1) is 0 Å². The Morgan fingerprint density at radius 1 is 0.543 bits per heavy atom. The molecule has 46 heavy (non-hydrogen) atoms. The van der Waals surface area contributed by atoms with Crippen LogP contribution in [0.4, 0.5) is 0 Å². The summed E-state index contributed by atoms with van der Waals surface area (Å²) in [5.74, 6) is -5.34. The number of unbranched alkanes of at least 4 members (excludes halogenated alkanes) is 4. The lowest BCUT2D eigenvalue weighted by Crippen LogP contribution is -2.58. The number of nitrogens with zero attached hydrogens (tertiary/aromatic N) is 3. The van der Waals surface area contributed by atoms with Gasteiger partial charge < -0.3 is 23.8 Å². The minimum atomic E-state index is -1.64. The molecule has 0 aromatic carbocycles. The molecule has 1 heterocycles. The predicted molar refractivity (Wildman–Crippen MR) is 157 cm³/mol. The molecule has 0 saturated heterocycles. The van der Waals surface area contributed by atoms with Gasteiger partial charge >= 0.3 is 46.9 Å². The van der Waals surface area contributed by atoms with E-state index in [9.17, 15) is 43.2 Å². The smallest absolute Gasteiger partial charge is 0.403 e. The molecule has 17 heteroatoms. The van der Waals surface area contributed by atoms with Crippen LogP contribution in [0, 0.1) is 0 Å². The first-order chi connectivity index (χ1) is 22.0. The molecule has 0 spiro atoms. The molecule has 0 N–H and O–H groups in total. The average molecular weight is 652 g/mol. The molecule has 0 amide bonds. The molecule has 0 aliphatic heterocycles. The molecule has 17 nitrogen and oxygen atoms in total. The third-order valence-corrected chi connectivity index (χ3v) is 5.86. The molecule has 1 aromatic heterocycles. The Labute approximate surface area is 262 Å². The van der Waals surface area contributed by atoms with Crippen molar-refractivity contribution in [1.82, 2.24) is 13.9 Å². The molecule has 0 saturated carbocycles. The van der Waals surface area contributed by atoms with Crippen molar-refractivity contribution >= 4 is 35.6 Å². The summed E-state index contributed by atoms with van der Waals surface area (Å²) >= 11 is 0. The second kappa shape index (κ2) is 21.4. The highest BCUT2D eigenvalue weighted by molar-refractivity contribution is 6.38. The first-order valence-electron chi connectivity index (χ1n) is 14.2. The summed E-state index contributed by atoms with van der Waals surface area (Å²) in [7, 11) is 0. The van der Waals surface area contributed by atoms with Crippen LogP contribution in [0.25, 0.3) is 0 Å². The van der Waals surface area contributed by atoms with Crippen LogP contribution < -0.4 is 21.9 Å². The first-order valence-corrected chi connectivity index (χ1v) is 14.2. The summed E-state index contributed by atoms with van der Waals surface area (Å²) in [6.07, 6.45) is 5.52. The molecule has 252 valence electrons. The van der Waals surface area contributed by atoms with E-state index in [1.165, 1.54) is 0 Å². The van der Waals surface area contributed by atoms with Gasteiger partial charge in [0.05, 0.1) is 26.3 Å². The first kappa shape index (κ1) is 38.7. The van der Waals surface area contributed by atoms with Crippen LogP contribution in [0.3, 0.4) is 0 Å². The van der Waals surface area contributed by atoms with Crippen LogP contribution >= 0.6 is 0 Å². The Hall–Kier alpha value is -5.35. The highest BCUT2D eigenvalue weighted by Crippen LogP contribution is 2.03. The van der Waals surface area contributed by atoms with E-state index in [0.717, 1.165) is 12.2 Å². The summed E-state index contributed by atoms with van der Waals surface area (Å²) in [6, 6.07) is 0. The maximum Gasteiger partial charge on any atom is 0.403 e. The van der Waals surface area contributed by atoms with Crippen molar-refractivity contribution in [2.24, 2.45) is 0 Å². The number of hydrogen-bond acceptors (Lipinski definition) is 14. The van der Waals surface area contributed by atoms with Gasteiger partial charge in [-0.2, -0.15) is 0 Å². The zero-order valence-electron chi connectivity index (χ0n) is 25.3. The van der Waals surface area contributed by atoms with E-state index < -0.39 is 79.0 Å². The number of carbonyl (C=O) groups excluding carboxylic acids is 6. The Morgan fingerprint density at radius 3 is 1.37 bits per heavy atom. The number of rotatable bonds is 23. The molecule has 0 fully saturated rings. The van der Waals surface area contributed by atoms with Gasteiger partial charge in [0.1, 0.15) is 13.2 Å². The zero-order chi connectivity index (χ0) is 34.5. The largest absolute Gasteiger partial charge is 0.464 e. The fraction of sp³-hybridized carbons (Fsp3) is 0.483. The van der Waals surface area contributed by atoms with Gasteiger partial charge in [-0.3, -0.25) is 14.4 Å². The number of hydrogen-bond donors (Lipinski definition) is 0. The number of ether oxygens (including phenoxy) is 4. The molecule has 0 radical (unpaired) electrons. The van der Waals surface area contributed by atoms with Crippen molar-refractivity contribution < 1.29 is 52.6 Å². The molecule has 0 atom stereocenters. The minimum Gasteiger partial charge on any atom is -0.464 e. The maximum absolute atomic E-state index is 13.0. The minimum absolute atomic E-state index is 0.0105. The average Bonchev–Trinajstić information content (AvgIpc) is 3.04. The van der Waals surface area contributed by atoms with E-state index in [-0.39, 0.29) is 30.8 Å². The van der Waals surface area contributed by atoms with Gasteiger partial charge in [-0.1, -0.05) is 24.5 Å². The standard InChI is InChI=1S/C29H37N3O14/c1-4-21(33)26(38)46-32-28(40)30(15-19-44-24(36)13-9-7-11-17-42-22(34)5-2)27(39)31(29(32)41)16-20-45-25(37)14-10-8-12-18-43-23(35)6-3/h4-6H,1-3,7-20H2. The van der Waals surface area contributed by atoms with Crippen LogP contribution in [-0.2, 0) is 60.8 Å². The summed E-state index contributed by atoms with van der Waals surface area (Å²) < 4.78 is 20.5. The van der Waals surface area contributed by atoms with E-state index in [1.807, 2.05) is 0 Å². The highest BCUT2D eigenvalue weighted by Gasteiger charge is 2.22. The monoisotopic (exact) mass is 651 g/mol. The molecule has 1 rings (SSSR count). The number of carbonyl (C=O) groups is 6. The summed E-state index contributed by atoms with van der Waals surface area (Å²) in [5.41, 5.74) is -4.05. The Bertz CT molecular complexity index is 1380. The van der Waals surface area contributed by atoms with E-state index in [2.05, 4.69) is 24.6 Å². The molecule has 0 unspecified atom stereocenters. The van der Waals surface area contributed by atoms with Gasteiger partial charge in [0.15, 0.2) is 0 Å². The van der Waals surface area contributed by atoms with Gasteiger partial charge in [0.2, 0.25) is 0 Å². The summed E-state index contributed by atoms with van der Waals surface area (Å²) in [5, 5.41) is 0. The van der Waals surface area contributed by atoms with Gasteiger partial charge in [0, 0.05) is 25.0 Å². The summed E-state index contributed by atoms with van der Waals surface area (Å²) in [4.78, 5) is 113. The molecule has 0 bridgehead atoms. The molecule has 0 aliphatic rings. The normalized spacial score (nSPS) is 10.3. The maximum atomic E-state index is 13.0. The topological polar surface area (TPSA) is 215 Å². The van der Waals surface area contributed by atoms with Gasteiger partial charge in [-0.05, 0) is 44.6 Å². The molecule has 0 aliphatic carbocycles. The van der Waals surface area contributed by atoms with E-state index in [4.69, 9.17) is 18.9 Å². The fourth-order valence-corrected chi connectivity index (χ4v) is 3.49. The lowest BCUT2D eigenvalue weighted by atomic mass is 10.2. The Balaban J connectivity index is 2.84. The van der Waals surface area contributed by atoms with Crippen molar-refractivity contribution in [2.75, 3.05) is 26.4 Å². The van der Waals surface area contributed by atoms with Crippen molar-refractivity contribution in [3.63, 3.8) is 0 Å². The van der Waals surface area contributed by atoms with E-state index in [1.54, 1.807) is 0 Å². The van der Waals surface area contributed by atoms with E-state index in [0.29, 0.717) is 53.7 Å². The van der Waals surface area contributed by atoms with Gasteiger partial charge in [-0.25, -0.2) is 37.9 Å². The second-order valence-electron chi connectivity index (χ2n) is 9.20. The number of esters is 4. The van der Waals surface area contributed by atoms with Gasteiger partial charge in [0.25, 0.3) is 5.78 Å². The van der Waals surface area contributed by atoms with Crippen molar-refractivity contribution in [3.05, 3.63) is 69.4 Å². The molecule has 1 aromatic rings. The third kappa shape index (κ3) is 14.0. The number of ketones is 1. The molecular formula is C29H37N3O14.